The van der Waals surface area contributed by atoms with Gasteiger partial charge in [-0.25, -0.2) is 0 Å². The number of rotatable bonds is 5. The Hall–Kier alpha value is 0.310. The lowest BCUT2D eigenvalue weighted by Crippen LogP contribution is -2.42. The Labute approximate surface area is 99.8 Å². The van der Waals surface area contributed by atoms with Gasteiger partial charge >= 0.3 is 0 Å². The molecule has 0 aromatic rings. The minimum absolute atomic E-state index is 0.390. The summed E-state index contributed by atoms with van der Waals surface area (Å²) in [4.78, 5) is 0. The van der Waals surface area contributed by atoms with Crippen LogP contribution in [0, 0.1) is 5.41 Å². The first-order valence-corrected chi connectivity index (χ1v) is 7.44. The summed E-state index contributed by atoms with van der Waals surface area (Å²) in [5, 5.41) is 4.58. The molecule has 15 heavy (non-hydrogen) atoms. The average molecular weight is 229 g/mol. The van der Waals surface area contributed by atoms with E-state index < -0.39 is 0 Å². The highest BCUT2D eigenvalue weighted by Gasteiger charge is 2.25. The normalized spacial score (nSPS) is 20.8. The molecule has 1 nitrogen and oxygen atoms in total. The van der Waals surface area contributed by atoms with Gasteiger partial charge in [-0.3, -0.25) is 0 Å². The van der Waals surface area contributed by atoms with E-state index in [4.69, 9.17) is 0 Å². The Bertz CT molecular complexity index is 168. The van der Waals surface area contributed by atoms with Gasteiger partial charge in [0.1, 0.15) is 0 Å². The quantitative estimate of drug-likeness (QED) is 0.772. The molecule has 0 spiro atoms. The Morgan fingerprint density at radius 1 is 1.27 bits per heavy atom. The van der Waals surface area contributed by atoms with E-state index in [1.165, 1.54) is 31.4 Å². The van der Waals surface area contributed by atoms with Crippen molar-refractivity contribution in [2.75, 3.05) is 12.3 Å². The molecule has 1 rings (SSSR count). The van der Waals surface area contributed by atoms with Gasteiger partial charge in [-0.05, 0) is 24.8 Å². The summed E-state index contributed by atoms with van der Waals surface area (Å²) in [5.41, 5.74) is 0.390. The second-order valence-electron chi connectivity index (χ2n) is 5.72. The molecule has 1 unspecified atom stereocenters. The summed E-state index contributed by atoms with van der Waals surface area (Å²) in [6, 6.07) is 0.660. The Morgan fingerprint density at radius 3 is 2.33 bits per heavy atom. The summed E-state index contributed by atoms with van der Waals surface area (Å²) in [5.74, 6) is 1.28. The van der Waals surface area contributed by atoms with Gasteiger partial charge in [0.15, 0.2) is 0 Å². The molecule has 0 amide bonds. The van der Waals surface area contributed by atoms with Gasteiger partial charge in [-0.2, -0.15) is 11.8 Å². The fraction of sp³-hybridized carbons (Fsp3) is 1.00. The molecule has 2 heteroatoms. The minimum atomic E-state index is 0.390. The molecule has 1 atom stereocenters. The fourth-order valence-corrected chi connectivity index (χ4v) is 3.90. The van der Waals surface area contributed by atoms with Gasteiger partial charge in [-0.1, -0.05) is 40.5 Å². The number of nitrogens with one attached hydrogen (secondary N) is 1. The number of hydrogen-bond acceptors (Lipinski definition) is 2. The van der Waals surface area contributed by atoms with Crippen LogP contribution in [0.1, 0.15) is 53.4 Å². The molecular weight excluding hydrogens is 202 g/mol. The van der Waals surface area contributed by atoms with Crippen LogP contribution in [0.2, 0.25) is 0 Å². The van der Waals surface area contributed by atoms with Gasteiger partial charge in [0.05, 0.1) is 0 Å². The van der Waals surface area contributed by atoms with Crippen molar-refractivity contribution in [3.8, 4) is 0 Å². The van der Waals surface area contributed by atoms with Gasteiger partial charge < -0.3 is 5.32 Å². The Morgan fingerprint density at radius 2 is 1.87 bits per heavy atom. The molecule has 1 saturated carbocycles. The summed E-state index contributed by atoms with van der Waals surface area (Å²) in [7, 11) is 0. The average Bonchev–Trinajstić information content (AvgIpc) is 2.62. The molecule has 0 aliphatic heterocycles. The lowest BCUT2D eigenvalue weighted by Gasteiger charge is -2.32. The second kappa shape index (κ2) is 6.15. The van der Waals surface area contributed by atoms with Crippen molar-refractivity contribution in [3.05, 3.63) is 0 Å². The molecule has 1 aliphatic carbocycles. The monoisotopic (exact) mass is 229 g/mol. The summed E-state index contributed by atoms with van der Waals surface area (Å²) >= 11 is 2.20. The molecule has 0 aromatic carbocycles. The molecule has 90 valence electrons. The third-order valence-electron chi connectivity index (χ3n) is 3.30. The largest absolute Gasteiger partial charge is 0.313 e. The smallest absolute Gasteiger partial charge is 0.0206 e. The van der Waals surface area contributed by atoms with Crippen molar-refractivity contribution in [1.82, 2.24) is 5.32 Å². The molecule has 1 N–H and O–H groups in total. The first kappa shape index (κ1) is 13.4. The molecule has 1 aliphatic rings. The lowest BCUT2D eigenvalue weighted by molar-refractivity contribution is 0.295. The lowest BCUT2D eigenvalue weighted by atomic mass is 9.88. The van der Waals surface area contributed by atoms with Gasteiger partial charge in [0, 0.05) is 17.0 Å². The zero-order valence-electron chi connectivity index (χ0n) is 10.8. The summed E-state index contributed by atoms with van der Waals surface area (Å²) < 4.78 is 0. The number of hydrogen-bond donors (Lipinski definition) is 1. The van der Waals surface area contributed by atoms with Gasteiger partial charge in [0.2, 0.25) is 0 Å². The fourth-order valence-electron chi connectivity index (χ4n) is 2.15. The summed E-state index contributed by atoms with van der Waals surface area (Å²) in [6.07, 6.45) is 5.82. The highest BCUT2D eigenvalue weighted by molar-refractivity contribution is 7.99. The molecular formula is C13H27NS. The van der Waals surface area contributed by atoms with E-state index in [0.717, 1.165) is 11.8 Å². The Balaban J connectivity index is 2.30. The molecule has 1 fully saturated rings. The van der Waals surface area contributed by atoms with Gasteiger partial charge in [0.25, 0.3) is 0 Å². The van der Waals surface area contributed by atoms with Crippen LogP contribution in [0.15, 0.2) is 0 Å². The number of thioether (sulfide) groups is 1. The molecule has 0 bridgehead atoms. The first-order valence-electron chi connectivity index (χ1n) is 6.39. The van der Waals surface area contributed by atoms with Crippen LogP contribution in [0.5, 0.6) is 0 Å². The van der Waals surface area contributed by atoms with Crippen LogP contribution in [-0.2, 0) is 0 Å². The van der Waals surface area contributed by atoms with Crippen LogP contribution in [-0.4, -0.2) is 23.6 Å². The van der Waals surface area contributed by atoms with E-state index >= 15 is 0 Å². The van der Waals surface area contributed by atoms with Crippen molar-refractivity contribution in [2.24, 2.45) is 5.41 Å². The van der Waals surface area contributed by atoms with E-state index in [-0.39, 0.29) is 0 Å². The Kier molecular flexibility index (Phi) is 5.48. The maximum atomic E-state index is 3.63. The highest BCUT2D eigenvalue weighted by atomic mass is 32.2. The van der Waals surface area contributed by atoms with Gasteiger partial charge in [-0.15, -0.1) is 0 Å². The molecule has 0 radical (unpaired) electrons. The van der Waals surface area contributed by atoms with Crippen molar-refractivity contribution >= 4 is 11.8 Å². The molecule has 0 saturated heterocycles. The van der Waals surface area contributed by atoms with Crippen LogP contribution in [0.3, 0.4) is 0 Å². The standard InChI is InChI=1S/C13H27NS/c1-5-14-12(13(2,3)4)10-15-11-8-6-7-9-11/h11-12,14H,5-10H2,1-4H3. The first-order chi connectivity index (χ1) is 7.04. The van der Waals surface area contributed by atoms with E-state index in [0.29, 0.717) is 11.5 Å². The topological polar surface area (TPSA) is 12.0 Å². The summed E-state index contributed by atoms with van der Waals surface area (Å²) in [6.45, 7) is 10.3. The van der Waals surface area contributed by atoms with E-state index in [1.54, 1.807) is 0 Å². The zero-order chi connectivity index (χ0) is 11.3. The van der Waals surface area contributed by atoms with Crippen molar-refractivity contribution < 1.29 is 0 Å². The zero-order valence-corrected chi connectivity index (χ0v) is 11.6. The van der Waals surface area contributed by atoms with Crippen molar-refractivity contribution in [3.63, 3.8) is 0 Å². The van der Waals surface area contributed by atoms with E-state index in [9.17, 15) is 0 Å². The highest BCUT2D eigenvalue weighted by Crippen LogP contribution is 2.32. The van der Waals surface area contributed by atoms with Crippen molar-refractivity contribution in [1.29, 1.82) is 0 Å². The van der Waals surface area contributed by atoms with Crippen LogP contribution >= 0.6 is 11.8 Å². The minimum Gasteiger partial charge on any atom is -0.313 e. The SMILES string of the molecule is CCNC(CSC1CCCC1)C(C)(C)C. The second-order valence-corrected chi connectivity index (χ2v) is 7.05. The maximum absolute atomic E-state index is 3.63. The predicted molar refractivity (Wildman–Crippen MR) is 71.6 cm³/mol. The van der Waals surface area contributed by atoms with Crippen LogP contribution < -0.4 is 5.32 Å². The van der Waals surface area contributed by atoms with Crippen LogP contribution in [0.4, 0.5) is 0 Å². The molecule has 0 heterocycles. The predicted octanol–water partition coefficient (Wildman–Crippen LogP) is 3.69. The molecule has 0 aromatic heterocycles. The maximum Gasteiger partial charge on any atom is 0.0206 e. The third-order valence-corrected chi connectivity index (χ3v) is 4.77. The van der Waals surface area contributed by atoms with E-state index in [1.807, 2.05) is 0 Å². The van der Waals surface area contributed by atoms with Crippen LogP contribution in [0.25, 0.3) is 0 Å². The van der Waals surface area contributed by atoms with E-state index in [2.05, 4.69) is 44.8 Å². The van der Waals surface area contributed by atoms with Crippen molar-refractivity contribution in [2.45, 2.75) is 64.7 Å². The third kappa shape index (κ3) is 4.78.